The number of phenols is 1. The van der Waals surface area contributed by atoms with E-state index < -0.39 is 24.1 Å². The van der Waals surface area contributed by atoms with E-state index in [1.165, 1.54) is 38.3 Å². The topological polar surface area (TPSA) is 111 Å². The van der Waals surface area contributed by atoms with E-state index in [2.05, 4.69) is 19.5 Å². The Balaban J connectivity index is 3.03. The molecule has 23 heavy (non-hydrogen) atoms. The number of methoxy groups -OCH3 is 2. The predicted molar refractivity (Wildman–Crippen MR) is 78.3 cm³/mol. The molecule has 0 spiro atoms. The van der Waals surface area contributed by atoms with Crippen molar-refractivity contribution in [2.45, 2.75) is 13.0 Å². The summed E-state index contributed by atoms with van der Waals surface area (Å²) in [6.45, 7) is 1.54. The molecular formula is C15H17NO7. The maximum atomic E-state index is 12.1. The van der Waals surface area contributed by atoms with E-state index in [4.69, 9.17) is 0 Å². The molecule has 0 fully saturated rings. The van der Waals surface area contributed by atoms with Crippen LogP contribution >= 0.6 is 0 Å². The van der Waals surface area contributed by atoms with E-state index in [1.54, 1.807) is 0 Å². The van der Waals surface area contributed by atoms with Gasteiger partial charge in [0.2, 0.25) is 0 Å². The first-order valence-electron chi connectivity index (χ1n) is 6.48. The van der Waals surface area contributed by atoms with Gasteiger partial charge in [-0.25, -0.2) is 14.4 Å². The minimum atomic E-state index is -1.16. The van der Waals surface area contributed by atoms with E-state index in [0.29, 0.717) is 11.3 Å². The molecule has 1 atom stereocenters. The Labute approximate surface area is 132 Å². The monoisotopic (exact) mass is 323 g/mol. The first-order valence-corrected chi connectivity index (χ1v) is 6.48. The van der Waals surface area contributed by atoms with Crippen LogP contribution in [0, 0.1) is 0 Å². The number of rotatable bonds is 5. The van der Waals surface area contributed by atoms with Gasteiger partial charge in [0.25, 0.3) is 0 Å². The summed E-state index contributed by atoms with van der Waals surface area (Å²) >= 11 is 0. The number of ether oxygens (including phenoxy) is 3. The average molecular weight is 323 g/mol. The third kappa shape index (κ3) is 5.70. The number of aromatic hydroxyl groups is 1. The van der Waals surface area contributed by atoms with Crippen molar-refractivity contribution < 1.29 is 33.7 Å². The van der Waals surface area contributed by atoms with Crippen LogP contribution in [0.1, 0.15) is 18.5 Å². The Hall–Kier alpha value is -3.03. The van der Waals surface area contributed by atoms with E-state index in [0.717, 1.165) is 13.2 Å². The highest BCUT2D eigenvalue weighted by Crippen LogP contribution is 2.19. The van der Waals surface area contributed by atoms with Crippen LogP contribution in [0.15, 0.2) is 36.0 Å². The second kappa shape index (κ2) is 8.42. The van der Waals surface area contributed by atoms with Gasteiger partial charge in [-0.3, -0.25) is 0 Å². The van der Waals surface area contributed by atoms with Crippen LogP contribution in [-0.2, 0) is 23.8 Å². The van der Waals surface area contributed by atoms with Crippen LogP contribution in [0.3, 0.4) is 0 Å². The Bertz CT molecular complexity index is 607. The van der Waals surface area contributed by atoms with E-state index in [-0.39, 0.29) is 5.75 Å². The number of nitrogens with one attached hydrogen (secondary N) is 1. The number of benzene rings is 1. The van der Waals surface area contributed by atoms with Gasteiger partial charge in [0, 0.05) is 11.8 Å². The number of hydrogen-bond donors (Lipinski definition) is 2. The van der Waals surface area contributed by atoms with Crippen LogP contribution < -0.4 is 5.32 Å². The predicted octanol–water partition coefficient (Wildman–Crippen LogP) is 1.41. The van der Waals surface area contributed by atoms with Crippen molar-refractivity contribution in [2.24, 2.45) is 0 Å². The molecule has 0 amide bonds. The Morgan fingerprint density at radius 1 is 1.13 bits per heavy atom. The van der Waals surface area contributed by atoms with Gasteiger partial charge in [-0.2, -0.15) is 0 Å². The van der Waals surface area contributed by atoms with Gasteiger partial charge in [0.15, 0.2) is 6.04 Å². The lowest BCUT2D eigenvalue weighted by Crippen LogP contribution is -2.31. The highest BCUT2D eigenvalue weighted by atomic mass is 16.7. The zero-order valence-electron chi connectivity index (χ0n) is 12.9. The lowest BCUT2D eigenvalue weighted by Gasteiger charge is -2.18. The molecule has 0 unspecified atom stereocenters. The molecule has 0 aliphatic heterocycles. The number of phenolic OH excluding ortho intramolecular Hbond substituents is 1. The average Bonchev–Trinajstić information content (AvgIpc) is 2.53. The number of carbonyl (C=O) groups is 3. The lowest BCUT2D eigenvalue weighted by atomic mass is 10.1. The largest absolute Gasteiger partial charge is 0.515 e. The van der Waals surface area contributed by atoms with Crippen molar-refractivity contribution in [3.05, 3.63) is 41.6 Å². The third-order valence-electron chi connectivity index (χ3n) is 2.72. The van der Waals surface area contributed by atoms with Crippen molar-refractivity contribution >= 4 is 18.1 Å². The first-order chi connectivity index (χ1) is 10.9. The minimum Gasteiger partial charge on any atom is -0.508 e. The molecular weight excluding hydrogens is 306 g/mol. The van der Waals surface area contributed by atoms with Gasteiger partial charge in [-0.15, -0.1) is 0 Å². The fourth-order valence-electron chi connectivity index (χ4n) is 1.63. The number of hydrogen-bond acceptors (Lipinski definition) is 8. The summed E-state index contributed by atoms with van der Waals surface area (Å²) < 4.78 is 13.3. The Morgan fingerprint density at radius 3 is 2.26 bits per heavy atom. The normalized spacial score (nSPS) is 12.0. The van der Waals surface area contributed by atoms with Crippen molar-refractivity contribution in [2.75, 3.05) is 14.2 Å². The minimum absolute atomic E-state index is 0.00987. The smallest absolute Gasteiger partial charge is 0.508 e. The summed E-state index contributed by atoms with van der Waals surface area (Å²) in [6, 6.07) is 4.59. The Kier molecular flexibility index (Phi) is 6.60. The summed E-state index contributed by atoms with van der Waals surface area (Å²) in [4.78, 5) is 34.4. The quantitative estimate of drug-likeness (QED) is 0.475. The van der Waals surface area contributed by atoms with Crippen molar-refractivity contribution in [3.63, 3.8) is 0 Å². The first kappa shape index (κ1) is 18.0. The molecule has 0 bridgehead atoms. The Morgan fingerprint density at radius 2 is 1.74 bits per heavy atom. The van der Waals surface area contributed by atoms with Gasteiger partial charge < -0.3 is 24.6 Å². The molecule has 0 aliphatic carbocycles. The molecule has 1 aromatic rings. The summed E-state index contributed by atoms with van der Waals surface area (Å²) in [5.74, 6) is -1.53. The van der Waals surface area contributed by atoms with Gasteiger partial charge in [-0.05, 0) is 24.6 Å². The second-order valence-corrected chi connectivity index (χ2v) is 4.39. The molecule has 8 nitrogen and oxygen atoms in total. The van der Waals surface area contributed by atoms with Crippen molar-refractivity contribution in [1.29, 1.82) is 0 Å². The SMILES string of the molecule is COC(=O)C=C(C)N[C@@H](C(=O)OC(=O)OC)c1ccc(O)cc1. The molecule has 0 saturated carbocycles. The van der Waals surface area contributed by atoms with E-state index in [1.807, 2.05) is 0 Å². The molecule has 0 saturated heterocycles. The van der Waals surface area contributed by atoms with Crippen LogP contribution in [0.25, 0.3) is 0 Å². The van der Waals surface area contributed by atoms with Crippen LogP contribution in [-0.4, -0.2) is 37.4 Å². The standard InChI is InChI=1S/C15H17NO7/c1-9(8-12(18)21-2)16-13(14(19)23-15(20)22-3)10-4-6-11(17)7-5-10/h4-8,13,16-17H,1-3H3/t13-/m1/s1. The molecule has 0 heterocycles. The van der Waals surface area contributed by atoms with Gasteiger partial charge >= 0.3 is 18.1 Å². The summed E-state index contributed by atoms with van der Waals surface area (Å²) in [5.41, 5.74) is 0.728. The molecule has 0 radical (unpaired) electrons. The highest BCUT2D eigenvalue weighted by Gasteiger charge is 2.25. The highest BCUT2D eigenvalue weighted by molar-refractivity contribution is 5.87. The molecule has 0 aromatic heterocycles. The lowest BCUT2D eigenvalue weighted by molar-refractivity contribution is -0.142. The zero-order chi connectivity index (χ0) is 17.4. The maximum absolute atomic E-state index is 12.1. The molecule has 1 aromatic carbocycles. The molecule has 8 heteroatoms. The second-order valence-electron chi connectivity index (χ2n) is 4.39. The van der Waals surface area contributed by atoms with Crippen molar-refractivity contribution in [3.8, 4) is 5.75 Å². The fraction of sp³-hybridized carbons (Fsp3) is 0.267. The number of carbonyl (C=O) groups excluding carboxylic acids is 3. The van der Waals surface area contributed by atoms with Crippen LogP contribution in [0.4, 0.5) is 4.79 Å². The third-order valence-corrected chi connectivity index (χ3v) is 2.72. The summed E-state index contributed by atoms with van der Waals surface area (Å²) in [7, 11) is 2.29. The number of allylic oxidation sites excluding steroid dienone is 1. The van der Waals surface area contributed by atoms with E-state index in [9.17, 15) is 19.5 Å². The molecule has 1 rings (SSSR count). The summed E-state index contributed by atoms with van der Waals surface area (Å²) in [5, 5.41) is 12.1. The van der Waals surface area contributed by atoms with Crippen LogP contribution in [0.2, 0.25) is 0 Å². The van der Waals surface area contributed by atoms with Gasteiger partial charge in [0.05, 0.1) is 14.2 Å². The number of esters is 2. The molecule has 0 aliphatic rings. The summed E-state index contributed by atoms with van der Waals surface area (Å²) in [6.07, 6.45) is -0.0195. The van der Waals surface area contributed by atoms with E-state index >= 15 is 0 Å². The van der Waals surface area contributed by atoms with Gasteiger partial charge in [0.1, 0.15) is 5.75 Å². The molecule has 2 N–H and O–H groups in total. The van der Waals surface area contributed by atoms with Gasteiger partial charge in [-0.1, -0.05) is 12.1 Å². The van der Waals surface area contributed by atoms with Crippen LogP contribution in [0.5, 0.6) is 5.75 Å². The fourth-order valence-corrected chi connectivity index (χ4v) is 1.63. The maximum Gasteiger partial charge on any atom is 0.515 e. The zero-order valence-corrected chi connectivity index (χ0v) is 12.9. The van der Waals surface area contributed by atoms with Crippen molar-refractivity contribution in [1.82, 2.24) is 5.32 Å². The molecule has 124 valence electrons.